The molecule has 0 aliphatic carbocycles. The summed E-state index contributed by atoms with van der Waals surface area (Å²) in [6.07, 6.45) is -1.11. The van der Waals surface area contributed by atoms with Crippen molar-refractivity contribution in [3.05, 3.63) is 47.5 Å². The van der Waals surface area contributed by atoms with E-state index in [1.165, 1.54) is 26.0 Å². The molecule has 0 aromatic heterocycles. The van der Waals surface area contributed by atoms with Crippen LogP contribution in [0.25, 0.3) is 0 Å². The molecule has 1 atom stereocenters. The van der Waals surface area contributed by atoms with Gasteiger partial charge >= 0.3 is 5.97 Å². The van der Waals surface area contributed by atoms with Crippen LogP contribution in [0.4, 0.5) is 5.69 Å². The fraction of sp³-hybridized carbons (Fsp3) is 0.375. The minimum atomic E-state index is -1.11. The SMILES string of the molecule is CCOc1cc(C(=O)OC(C)C(=O)Nc2ccccc2C(C)=O)cc(OCC)c1OCC. The molecule has 0 fully saturated rings. The molecule has 0 spiro atoms. The third-order valence-corrected chi connectivity index (χ3v) is 4.36. The van der Waals surface area contributed by atoms with Crippen molar-refractivity contribution in [3.63, 3.8) is 0 Å². The first kappa shape index (κ1) is 24.7. The van der Waals surface area contributed by atoms with E-state index in [1.807, 2.05) is 20.8 Å². The van der Waals surface area contributed by atoms with E-state index in [2.05, 4.69) is 5.32 Å². The molecule has 8 nitrogen and oxygen atoms in total. The zero-order valence-corrected chi connectivity index (χ0v) is 19.0. The smallest absolute Gasteiger partial charge is 0.339 e. The van der Waals surface area contributed by atoms with Crippen LogP contribution >= 0.6 is 0 Å². The van der Waals surface area contributed by atoms with Crippen molar-refractivity contribution in [2.75, 3.05) is 25.1 Å². The Morgan fingerprint density at radius 2 is 1.47 bits per heavy atom. The van der Waals surface area contributed by atoms with Gasteiger partial charge in [-0.1, -0.05) is 12.1 Å². The first-order valence-corrected chi connectivity index (χ1v) is 10.5. The number of ketones is 1. The lowest BCUT2D eigenvalue weighted by Crippen LogP contribution is -2.30. The van der Waals surface area contributed by atoms with Crippen LogP contribution in [-0.2, 0) is 9.53 Å². The van der Waals surface area contributed by atoms with Gasteiger partial charge in [-0.05, 0) is 58.9 Å². The third-order valence-electron chi connectivity index (χ3n) is 4.36. The minimum absolute atomic E-state index is 0.157. The Balaban J connectivity index is 2.22. The van der Waals surface area contributed by atoms with Gasteiger partial charge in [0.15, 0.2) is 23.4 Å². The topological polar surface area (TPSA) is 100 Å². The molecule has 2 aromatic rings. The van der Waals surface area contributed by atoms with Crippen molar-refractivity contribution < 1.29 is 33.3 Å². The summed E-state index contributed by atoms with van der Waals surface area (Å²) in [5.74, 6) is -0.379. The summed E-state index contributed by atoms with van der Waals surface area (Å²) >= 11 is 0. The highest BCUT2D eigenvalue weighted by Crippen LogP contribution is 2.39. The summed E-state index contributed by atoms with van der Waals surface area (Å²) in [7, 11) is 0. The number of nitrogens with one attached hydrogen (secondary N) is 1. The maximum atomic E-state index is 12.8. The fourth-order valence-electron chi connectivity index (χ4n) is 2.92. The molecule has 8 heteroatoms. The lowest BCUT2D eigenvalue weighted by atomic mass is 10.1. The van der Waals surface area contributed by atoms with Crippen molar-refractivity contribution >= 4 is 23.3 Å². The Bertz CT molecular complexity index is 944. The molecule has 2 aromatic carbocycles. The molecule has 172 valence electrons. The van der Waals surface area contributed by atoms with Crippen LogP contribution in [0.2, 0.25) is 0 Å². The molecule has 1 N–H and O–H groups in total. The number of amides is 1. The summed E-state index contributed by atoms with van der Waals surface area (Å²) in [6.45, 7) is 9.42. The van der Waals surface area contributed by atoms with Gasteiger partial charge in [-0.25, -0.2) is 4.79 Å². The number of Topliss-reactive ketones (excluding diaryl/α,β-unsaturated/α-hetero) is 1. The van der Waals surface area contributed by atoms with Gasteiger partial charge in [0.1, 0.15) is 0 Å². The van der Waals surface area contributed by atoms with Crippen molar-refractivity contribution in [1.29, 1.82) is 0 Å². The summed E-state index contributed by atoms with van der Waals surface area (Å²) in [5.41, 5.74) is 0.879. The highest BCUT2D eigenvalue weighted by atomic mass is 16.6. The van der Waals surface area contributed by atoms with Crippen LogP contribution in [0.5, 0.6) is 17.2 Å². The second-order valence-electron chi connectivity index (χ2n) is 6.74. The van der Waals surface area contributed by atoms with E-state index in [-0.39, 0.29) is 11.3 Å². The number of ether oxygens (including phenoxy) is 4. The van der Waals surface area contributed by atoms with Crippen molar-refractivity contribution in [2.45, 2.75) is 40.7 Å². The number of esters is 1. The summed E-state index contributed by atoms with van der Waals surface area (Å²) in [6, 6.07) is 9.61. The predicted octanol–water partition coefficient (Wildman–Crippen LogP) is 4.27. The van der Waals surface area contributed by atoms with E-state index in [0.29, 0.717) is 48.3 Å². The highest BCUT2D eigenvalue weighted by molar-refractivity contribution is 6.05. The molecule has 0 saturated carbocycles. The fourth-order valence-corrected chi connectivity index (χ4v) is 2.92. The number of carbonyl (C=O) groups excluding carboxylic acids is 3. The first-order valence-electron chi connectivity index (χ1n) is 10.5. The van der Waals surface area contributed by atoms with E-state index in [1.54, 1.807) is 24.3 Å². The van der Waals surface area contributed by atoms with Gasteiger partial charge in [0.2, 0.25) is 5.75 Å². The third kappa shape index (κ3) is 6.23. The lowest BCUT2D eigenvalue weighted by molar-refractivity contribution is -0.123. The number of rotatable bonds is 11. The van der Waals surface area contributed by atoms with E-state index in [0.717, 1.165) is 0 Å². The molecule has 32 heavy (non-hydrogen) atoms. The van der Waals surface area contributed by atoms with Crippen LogP contribution in [0.15, 0.2) is 36.4 Å². The summed E-state index contributed by atoms with van der Waals surface area (Å²) in [5, 5.41) is 2.63. The molecule has 2 rings (SSSR count). The maximum absolute atomic E-state index is 12.8. The Kier molecular flexibility index (Phi) is 9.07. The van der Waals surface area contributed by atoms with Crippen LogP contribution in [0.1, 0.15) is 55.3 Å². The van der Waals surface area contributed by atoms with E-state index >= 15 is 0 Å². The van der Waals surface area contributed by atoms with Gasteiger partial charge in [0, 0.05) is 5.56 Å². The zero-order valence-electron chi connectivity index (χ0n) is 19.0. The summed E-state index contributed by atoms with van der Waals surface area (Å²) < 4.78 is 22.2. The van der Waals surface area contributed by atoms with Gasteiger partial charge in [0.05, 0.1) is 31.1 Å². The van der Waals surface area contributed by atoms with Crippen LogP contribution < -0.4 is 19.5 Å². The Labute approximate surface area is 187 Å². The predicted molar refractivity (Wildman–Crippen MR) is 120 cm³/mol. The standard InChI is InChI=1S/C24H29NO7/c1-6-29-20-13-17(14-21(30-7-2)22(20)31-8-3)24(28)32-16(5)23(27)25-19-12-10-9-11-18(19)15(4)26/h9-14,16H,6-8H2,1-5H3,(H,25,27). The Morgan fingerprint density at radius 3 is 2.00 bits per heavy atom. The van der Waals surface area contributed by atoms with Crippen molar-refractivity contribution in [2.24, 2.45) is 0 Å². The van der Waals surface area contributed by atoms with Crippen molar-refractivity contribution in [3.8, 4) is 17.2 Å². The molecule has 1 unspecified atom stereocenters. The van der Waals surface area contributed by atoms with Crippen molar-refractivity contribution in [1.82, 2.24) is 0 Å². The number of benzene rings is 2. The van der Waals surface area contributed by atoms with Gasteiger partial charge in [-0.3, -0.25) is 9.59 Å². The lowest BCUT2D eigenvalue weighted by Gasteiger charge is -2.18. The Hall–Kier alpha value is -3.55. The summed E-state index contributed by atoms with van der Waals surface area (Å²) in [4.78, 5) is 37.1. The van der Waals surface area contributed by atoms with Gasteiger partial charge < -0.3 is 24.3 Å². The number of para-hydroxylation sites is 1. The van der Waals surface area contributed by atoms with Crippen LogP contribution in [0.3, 0.4) is 0 Å². The number of anilines is 1. The van der Waals surface area contributed by atoms with Crippen LogP contribution in [0, 0.1) is 0 Å². The van der Waals surface area contributed by atoms with Gasteiger partial charge in [0.25, 0.3) is 5.91 Å². The second kappa shape index (κ2) is 11.7. The molecule has 1 amide bonds. The van der Waals surface area contributed by atoms with Gasteiger partial charge in [-0.2, -0.15) is 0 Å². The van der Waals surface area contributed by atoms with E-state index in [9.17, 15) is 14.4 Å². The second-order valence-corrected chi connectivity index (χ2v) is 6.74. The van der Waals surface area contributed by atoms with Crippen LogP contribution in [-0.4, -0.2) is 43.6 Å². The normalized spacial score (nSPS) is 11.3. The molecule has 0 aliphatic rings. The molecular weight excluding hydrogens is 414 g/mol. The molecular formula is C24H29NO7. The van der Waals surface area contributed by atoms with E-state index in [4.69, 9.17) is 18.9 Å². The molecule has 0 aliphatic heterocycles. The largest absolute Gasteiger partial charge is 0.490 e. The quantitative estimate of drug-likeness (QED) is 0.409. The number of carbonyl (C=O) groups is 3. The molecule has 0 heterocycles. The molecule has 0 saturated heterocycles. The monoisotopic (exact) mass is 443 g/mol. The zero-order chi connectivity index (χ0) is 23.7. The van der Waals surface area contributed by atoms with Gasteiger partial charge in [-0.15, -0.1) is 0 Å². The molecule has 0 bridgehead atoms. The minimum Gasteiger partial charge on any atom is -0.490 e. The highest BCUT2D eigenvalue weighted by Gasteiger charge is 2.23. The average Bonchev–Trinajstić information content (AvgIpc) is 2.76. The Morgan fingerprint density at radius 1 is 0.906 bits per heavy atom. The first-order chi connectivity index (χ1) is 15.3. The average molecular weight is 443 g/mol. The number of hydrogen-bond donors (Lipinski definition) is 1. The molecule has 0 radical (unpaired) electrons. The van der Waals surface area contributed by atoms with E-state index < -0.39 is 18.0 Å². The maximum Gasteiger partial charge on any atom is 0.339 e. The number of hydrogen-bond acceptors (Lipinski definition) is 7.